The molecule has 1 aromatic rings. The minimum Gasteiger partial charge on any atom is -0.399 e. The number of halogens is 1. The molecule has 17 heavy (non-hydrogen) atoms. The topological polar surface area (TPSA) is 29.3 Å². The number of hydrogen-bond acceptors (Lipinski definition) is 2. The van der Waals surface area contributed by atoms with Crippen molar-refractivity contribution in [2.45, 2.75) is 32.7 Å². The largest absolute Gasteiger partial charge is 0.399 e. The van der Waals surface area contributed by atoms with E-state index < -0.39 is 0 Å². The van der Waals surface area contributed by atoms with Crippen molar-refractivity contribution in [2.24, 2.45) is 5.92 Å². The molecule has 0 aliphatic heterocycles. The molecule has 1 aromatic carbocycles. The maximum Gasteiger partial charge on any atom is 0.0452 e. The van der Waals surface area contributed by atoms with Gasteiger partial charge in [0.05, 0.1) is 0 Å². The van der Waals surface area contributed by atoms with Crippen molar-refractivity contribution < 1.29 is 0 Å². The van der Waals surface area contributed by atoms with Crippen LogP contribution in [0.4, 0.5) is 5.69 Å². The highest BCUT2D eigenvalue weighted by Gasteiger charge is 2.20. The van der Waals surface area contributed by atoms with Crippen molar-refractivity contribution in [3.63, 3.8) is 0 Å². The number of nitrogens with zero attached hydrogens (tertiary/aromatic N) is 1. The van der Waals surface area contributed by atoms with E-state index >= 15 is 0 Å². The van der Waals surface area contributed by atoms with Gasteiger partial charge in [0.15, 0.2) is 0 Å². The van der Waals surface area contributed by atoms with Crippen molar-refractivity contribution >= 4 is 17.3 Å². The van der Waals surface area contributed by atoms with Crippen LogP contribution in [0.3, 0.4) is 0 Å². The maximum atomic E-state index is 6.20. The van der Waals surface area contributed by atoms with Crippen LogP contribution < -0.4 is 5.73 Å². The third-order valence-corrected chi connectivity index (χ3v) is 4.02. The molecule has 0 radical (unpaired) electrons. The van der Waals surface area contributed by atoms with Gasteiger partial charge in [-0.25, -0.2) is 0 Å². The van der Waals surface area contributed by atoms with Gasteiger partial charge in [-0.1, -0.05) is 24.9 Å². The second kappa shape index (κ2) is 5.74. The lowest BCUT2D eigenvalue weighted by Crippen LogP contribution is -2.32. The molecular formula is C14H21ClN2. The molecule has 1 fully saturated rings. The van der Waals surface area contributed by atoms with Gasteiger partial charge in [-0.2, -0.15) is 0 Å². The van der Waals surface area contributed by atoms with Gasteiger partial charge in [-0.3, -0.25) is 4.90 Å². The fourth-order valence-electron chi connectivity index (χ4n) is 2.30. The highest BCUT2D eigenvalue weighted by Crippen LogP contribution is 2.28. The number of nitrogens with two attached hydrogens (primary N) is 1. The van der Waals surface area contributed by atoms with Crippen molar-refractivity contribution in [1.29, 1.82) is 0 Å². The Morgan fingerprint density at radius 1 is 1.41 bits per heavy atom. The molecule has 94 valence electrons. The molecule has 0 aromatic heterocycles. The SMILES string of the molecule is CCN(Cc1cc(N)ccc1Cl)CC1CCC1. The van der Waals surface area contributed by atoms with Crippen LogP contribution in [-0.4, -0.2) is 18.0 Å². The molecule has 0 amide bonds. The summed E-state index contributed by atoms with van der Waals surface area (Å²) in [4.78, 5) is 2.46. The summed E-state index contributed by atoms with van der Waals surface area (Å²) >= 11 is 6.20. The molecule has 1 saturated carbocycles. The summed E-state index contributed by atoms with van der Waals surface area (Å²) in [5.74, 6) is 0.898. The third kappa shape index (κ3) is 3.36. The van der Waals surface area contributed by atoms with Crippen LogP contribution in [0.1, 0.15) is 31.7 Å². The van der Waals surface area contributed by atoms with E-state index in [1.165, 1.54) is 25.8 Å². The van der Waals surface area contributed by atoms with E-state index in [0.717, 1.165) is 35.3 Å². The van der Waals surface area contributed by atoms with Gasteiger partial charge in [-0.15, -0.1) is 0 Å². The molecule has 0 unspecified atom stereocenters. The van der Waals surface area contributed by atoms with E-state index in [2.05, 4.69) is 11.8 Å². The number of benzene rings is 1. The Labute approximate surface area is 109 Å². The number of rotatable bonds is 5. The minimum absolute atomic E-state index is 0.795. The predicted molar refractivity (Wildman–Crippen MR) is 74.2 cm³/mol. The summed E-state index contributed by atoms with van der Waals surface area (Å²) in [7, 11) is 0. The zero-order chi connectivity index (χ0) is 12.3. The van der Waals surface area contributed by atoms with Crippen LogP contribution in [0, 0.1) is 5.92 Å². The Morgan fingerprint density at radius 3 is 2.76 bits per heavy atom. The quantitative estimate of drug-likeness (QED) is 0.813. The normalized spacial score (nSPS) is 16.2. The Hall–Kier alpha value is -0.730. The first kappa shape index (κ1) is 12.7. The highest BCUT2D eigenvalue weighted by atomic mass is 35.5. The van der Waals surface area contributed by atoms with Crippen LogP contribution in [0.25, 0.3) is 0 Å². The van der Waals surface area contributed by atoms with E-state index in [4.69, 9.17) is 17.3 Å². The third-order valence-electron chi connectivity index (χ3n) is 3.65. The highest BCUT2D eigenvalue weighted by molar-refractivity contribution is 6.31. The van der Waals surface area contributed by atoms with Gasteiger partial charge in [0.25, 0.3) is 0 Å². The van der Waals surface area contributed by atoms with E-state index in [-0.39, 0.29) is 0 Å². The van der Waals surface area contributed by atoms with Crippen molar-refractivity contribution in [1.82, 2.24) is 4.90 Å². The number of nitrogen functional groups attached to an aromatic ring is 1. The number of anilines is 1. The lowest BCUT2D eigenvalue weighted by Gasteiger charge is -2.32. The molecule has 1 aliphatic carbocycles. The molecule has 0 saturated heterocycles. The summed E-state index contributed by atoms with van der Waals surface area (Å²) in [6, 6.07) is 5.74. The second-order valence-corrected chi connectivity index (χ2v) is 5.38. The van der Waals surface area contributed by atoms with Gasteiger partial charge in [0, 0.05) is 23.8 Å². The molecule has 3 heteroatoms. The predicted octanol–water partition coefficient (Wildman–Crippen LogP) is 3.54. The van der Waals surface area contributed by atoms with Crippen LogP contribution >= 0.6 is 11.6 Å². The first-order valence-electron chi connectivity index (χ1n) is 6.45. The molecule has 0 atom stereocenters. The molecule has 0 bridgehead atoms. The minimum atomic E-state index is 0.795. The fourth-order valence-corrected chi connectivity index (χ4v) is 2.48. The average molecular weight is 253 g/mol. The molecule has 0 heterocycles. The Kier molecular flexibility index (Phi) is 4.30. The smallest absolute Gasteiger partial charge is 0.0452 e. The Morgan fingerprint density at radius 2 is 2.18 bits per heavy atom. The summed E-state index contributed by atoms with van der Waals surface area (Å²) in [5, 5.41) is 0.825. The van der Waals surface area contributed by atoms with Crippen molar-refractivity contribution in [3.05, 3.63) is 28.8 Å². The van der Waals surface area contributed by atoms with Crippen LogP contribution in [-0.2, 0) is 6.54 Å². The monoisotopic (exact) mass is 252 g/mol. The van der Waals surface area contributed by atoms with Gasteiger partial charge in [0.2, 0.25) is 0 Å². The standard InChI is InChI=1S/C14H21ClN2/c1-2-17(9-11-4-3-5-11)10-12-8-13(16)6-7-14(12)15/h6-8,11H,2-5,9-10,16H2,1H3. The van der Waals surface area contributed by atoms with Crippen molar-refractivity contribution in [3.8, 4) is 0 Å². The summed E-state index contributed by atoms with van der Waals surface area (Å²) in [5.41, 5.74) is 7.75. The van der Waals surface area contributed by atoms with E-state index in [1.54, 1.807) is 0 Å². The van der Waals surface area contributed by atoms with E-state index in [0.29, 0.717) is 0 Å². The first-order valence-corrected chi connectivity index (χ1v) is 6.83. The molecule has 2 nitrogen and oxygen atoms in total. The lowest BCUT2D eigenvalue weighted by molar-refractivity contribution is 0.178. The zero-order valence-corrected chi connectivity index (χ0v) is 11.2. The van der Waals surface area contributed by atoms with Gasteiger partial charge < -0.3 is 5.73 Å². The van der Waals surface area contributed by atoms with Gasteiger partial charge in [0.1, 0.15) is 0 Å². The zero-order valence-electron chi connectivity index (χ0n) is 10.5. The number of hydrogen-bond donors (Lipinski definition) is 1. The average Bonchev–Trinajstić information content (AvgIpc) is 2.26. The Bertz CT molecular complexity index is 374. The molecule has 2 N–H and O–H groups in total. The fraction of sp³-hybridized carbons (Fsp3) is 0.571. The summed E-state index contributed by atoms with van der Waals surface area (Å²) < 4.78 is 0. The first-order chi connectivity index (χ1) is 8.19. The summed E-state index contributed by atoms with van der Waals surface area (Å²) in [6.07, 6.45) is 4.18. The van der Waals surface area contributed by atoms with Gasteiger partial charge in [-0.05, 0) is 49.1 Å². The van der Waals surface area contributed by atoms with Crippen LogP contribution in [0.5, 0.6) is 0 Å². The Balaban J connectivity index is 1.98. The van der Waals surface area contributed by atoms with Crippen LogP contribution in [0.15, 0.2) is 18.2 Å². The lowest BCUT2D eigenvalue weighted by atomic mass is 9.85. The van der Waals surface area contributed by atoms with Gasteiger partial charge >= 0.3 is 0 Å². The second-order valence-electron chi connectivity index (χ2n) is 4.98. The maximum absolute atomic E-state index is 6.20. The van der Waals surface area contributed by atoms with E-state index in [1.807, 2.05) is 18.2 Å². The molecule has 2 rings (SSSR count). The molecule has 1 aliphatic rings. The molecular weight excluding hydrogens is 232 g/mol. The summed E-state index contributed by atoms with van der Waals surface area (Å²) in [6.45, 7) is 5.39. The van der Waals surface area contributed by atoms with E-state index in [9.17, 15) is 0 Å². The van der Waals surface area contributed by atoms with Crippen molar-refractivity contribution in [2.75, 3.05) is 18.8 Å². The van der Waals surface area contributed by atoms with Crippen LogP contribution in [0.2, 0.25) is 5.02 Å². The molecule has 0 spiro atoms.